The highest BCUT2D eigenvalue weighted by atomic mass is 16.5. The van der Waals surface area contributed by atoms with E-state index in [9.17, 15) is 0 Å². The first kappa shape index (κ1) is 5.59. The zero-order valence-electron chi connectivity index (χ0n) is 4.32. The van der Waals surface area contributed by atoms with Gasteiger partial charge in [0, 0.05) is 0 Å². The maximum atomic E-state index is 8.76. The summed E-state index contributed by atoms with van der Waals surface area (Å²) >= 11 is 0. The van der Waals surface area contributed by atoms with Crippen LogP contribution in [0.5, 0.6) is 0 Å². The Morgan fingerprint density at radius 3 is 2.62 bits per heavy atom. The molecule has 46 valence electrons. The van der Waals surface area contributed by atoms with Crippen LogP contribution < -0.4 is 0 Å². The maximum absolute atomic E-state index is 8.76. The van der Waals surface area contributed by atoms with E-state index in [0.717, 1.165) is 0 Å². The molecule has 1 heterocycles. The highest BCUT2D eigenvalue weighted by Crippen LogP contribution is 2.02. The van der Waals surface area contributed by atoms with Crippen molar-refractivity contribution in [2.45, 2.75) is 12.2 Å². The molecule has 0 spiro atoms. The summed E-state index contributed by atoms with van der Waals surface area (Å²) in [5, 5.41) is 17.5. The standard InChI is InChI=1S/C5H8O3/c6-4-1-2-8-3-5(4)7/h1-2,4-7H,3H2. The zero-order chi connectivity index (χ0) is 5.98. The topological polar surface area (TPSA) is 49.7 Å². The molecular weight excluding hydrogens is 108 g/mol. The van der Waals surface area contributed by atoms with E-state index in [0.29, 0.717) is 0 Å². The summed E-state index contributed by atoms with van der Waals surface area (Å²) in [6.45, 7) is 0.192. The number of aliphatic hydroxyl groups excluding tert-OH is 2. The highest BCUT2D eigenvalue weighted by Gasteiger charge is 2.15. The molecule has 3 heteroatoms. The van der Waals surface area contributed by atoms with Crippen LogP contribution in [-0.2, 0) is 4.74 Å². The lowest BCUT2D eigenvalue weighted by Gasteiger charge is -2.17. The minimum absolute atomic E-state index is 0.192. The Balaban J connectivity index is 2.47. The van der Waals surface area contributed by atoms with Crippen molar-refractivity contribution in [2.75, 3.05) is 6.61 Å². The second kappa shape index (κ2) is 2.15. The number of ether oxygens (including phenoxy) is 1. The third kappa shape index (κ3) is 0.993. The van der Waals surface area contributed by atoms with Crippen LogP contribution in [-0.4, -0.2) is 29.0 Å². The SMILES string of the molecule is OC1C=COCC1O. The van der Waals surface area contributed by atoms with Gasteiger partial charge < -0.3 is 14.9 Å². The van der Waals surface area contributed by atoms with Gasteiger partial charge in [-0.3, -0.25) is 0 Å². The van der Waals surface area contributed by atoms with E-state index >= 15 is 0 Å². The van der Waals surface area contributed by atoms with Gasteiger partial charge in [0.1, 0.15) is 18.8 Å². The molecule has 1 aliphatic heterocycles. The number of aliphatic hydroxyl groups is 2. The molecule has 1 aliphatic rings. The lowest BCUT2D eigenvalue weighted by Crippen LogP contribution is -2.30. The fraction of sp³-hybridized carbons (Fsp3) is 0.600. The summed E-state index contributed by atoms with van der Waals surface area (Å²) in [5.41, 5.74) is 0. The predicted octanol–water partition coefficient (Wildman–Crippen LogP) is -0.748. The molecule has 0 aliphatic carbocycles. The summed E-state index contributed by atoms with van der Waals surface area (Å²) in [6, 6.07) is 0. The lowest BCUT2D eigenvalue weighted by molar-refractivity contribution is -0.0108. The Hall–Kier alpha value is -0.540. The molecule has 2 N–H and O–H groups in total. The average Bonchev–Trinajstić information content (AvgIpc) is 1.77. The third-order valence-corrected chi connectivity index (χ3v) is 1.03. The van der Waals surface area contributed by atoms with Gasteiger partial charge in [0.05, 0.1) is 6.26 Å². The summed E-state index contributed by atoms with van der Waals surface area (Å²) < 4.78 is 4.66. The van der Waals surface area contributed by atoms with Gasteiger partial charge in [0.25, 0.3) is 0 Å². The average molecular weight is 116 g/mol. The first-order chi connectivity index (χ1) is 3.80. The zero-order valence-corrected chi connectivity index (χ0v) is 4.32. The van der Waals surface area contributed by atoms with Crippen molar-refractivity contribution in [1.82, 2.24) is 0 Å². The molecule has 0 aromatic rings. The van der Waals surface area contributed by atoms with Gasteiger partial charge in [0.2, 0.25) is 0 Å². The third-order valence-electron chi connectivity index (χ3n) is 1.03. The van der Waals surface area contributed by atoms with Gasteiger partial charge in [-0.2, -0.15) is 0 Å². The summed E-state index contributed by atoms with van der Waals surface area (Å²) in [6.07, 6.45) is 1.30. The molecule has 0 bridgehead atoms. The first-order valence-corrected chi connectivity index (χ1v) is 2.45. The Labute approximate surface area is 47.2 Å². The molecule has 0 aromatic carbocycles. The molecule has 3 nitrogen and oxygen atoms in total. The molecule has 0 amide bonds. The summed E-state index contributed by atoms with van der Waals surface area (Å²) in [4.78, 5) is 0. The van der Waals surface area contributed by atoms with E-state index in [1.54, 1.807) is 0 Å². The smallest absolute Gasteiger partial charge is 0.117 e. The molecule has 0 aromatic heterocycles. The minimum Gasteiger partial charge on any atom is -0.499 e. The fourth-order valence-corrected chi connectivity index (χ4v) is 0.517. The quantitative estimate of drug-likeness (QED) is 0.438. The van der Waals surface area contributed by atoms with Crippen molar-refractivity contribution < 1.29 is 14.9 Å². The Bertz CT molecular complexity index is 99.8. The molecule has 0 saturated carbocycles. The normalized spacial score (nSPS) is 36.8. The van der Waals surface area contributed by atoms with Crippen LogP contribution in [0.15, 0.2) is 12.3 Å². The molecule has 8 heavy (non-hydrogen) atoms. The summed E-state index contributed by atoms with van der Waals surface area (Å²) in [5.74, 6) is 0. The van der Waals surface area contributed by atoms with Crippen LogP contribution in [0.2, 0.25) is 0 Å². The molecule has 0 saturated heterocycles. The monoisotopic (exact) mass is 116 g/mol. The Kier molecular flexibility index (Phi) is 1.50. The highest BCUT2D eigenvalue weighted by molar-refractivity contribution is 4.91. The van der Waals surface area contributed by atoms with Gasteiger partial charge >= 0.3 is 0 Å². The van der Waals surface area contributed by atoms with Crippen molar-refractivity contribution >= 4 is 0 Å². The second-order valence-electron chi connectivity index (χ2n) is 1.72. The van der Waals surface area contributed by atoms with Crippen LogP contribution in [0.3, 0.4) is 0 Å². The van der Waals surface area contributed by atoms with Crippen molar-refractivity contribution in [3.05, 3.63) is 12.3 Å². The first-order valence-electron chi connectivity index (χ1n) is 2.45. The number of hydrogen-bond acceptors (Lipinski definition) is 3. The van der Waals surface area contributed by atoms with Crippen LogP contribution in [0.25, 0.3) is 0 Å². The second-order valence-corrected chi connectivity index (χ2v) is 1.72. The van der Waals surface area contributed by atoms with Crippen molar-refractivity contribution in [1.29, 1.82) is 0 Å². The fourth-order valence-electron chi connectivity index (χ4n) is 0.517. The van der Waals surface area contributed by atoms with Gasteiger partial charge in [-0.1, -0.05) is 0 Å². The van der Waals surface area contributed by atoms with E-state index in [4.69, 9.17) is 10.2 Å². The molecule has 2 atom stereocenters. The van der Waals surface area contributed by atoms with Crippen molar-refractivity contribution in [3.8, 4) is 0 Å². The lowest BCUT2D eigenvalue weighted by atomic mass is 10.2. The van der Waals surface area contributed by atoms with E-state index in [-0.39, 0.29) is 6.61 Å². The number of rotatable bonds is 0. The van der Waals surface area contributed by atoms with Crippen molar-refractivity contribution in [3.63, 3.8) is 0 Å². The van der Waals surface area contributed by atoms with Crippen LogP contribution in [0, 0.1) is 0 Å². The largest absolute Gasteiger partial charge is 0.499 e. The predicted molar refractivity (Wildman–Crippen MR) is 27.1 cm³/mol. The van der Waals surface area contributed by atoms with Crippen molar-refractivity contribution in [2.24, 2.45) is 0 Å². The Morgan fingerprint density at radius 1 is 1.50 bits per heavy atom. The Morgan fingerprint density at radius 2 is 2.25 bits per heavy atom. The van der Waals surface area contributed by atoms with Crippen LogP contribution in [0.4, 0.5) is 0 Å². The maximum Gasteiger partial charge on any atom is 0.117 e. The molecule has 0 radical (unpaired) electrons. The van der Waals surface area contributed by atoms with Gasteiger partial charge in [0.15, 0.2) is 0 Å². The van der Waals surface area contributed by atoms with E-state index in [1.807, 2.05) is 0 Å². The molecule has 0 fully saturated rings. The van der Waals surface area contributed by atoms with E-state index < -0.39 is 12.2 Å². The van der Waals surface area contributed by atoms with Crippen LogP contribution in [0.1, 0.15) is 0 Å². The molecule has 2 unspecified atom stereocenters. The van der Waals surface area contributed by atoms with Gasteiger partial charge in [-0.25, -0.2) is 0 Å². The molecular formula is C5H8O3. The van der Waals surface area contributed by atoms with Crippen LogP contribution >= 0.6 is 0 Å². The van der Waals surface area contributed by atoms with E-state index in [2.05, 4.69) is 4.74 Å². The number of hydrogen-bond donors (Lipinski definition) is 2. The van der Waals surface area contributed by atoms with Gasteiger partial charge in [-0.05, 0) is 6.08 Å². The van der Waals surface area contributed by atoms with Gasteiger partial charge in [-0.15, -0.1) is 0 Å². The molecule has 1 rings (SSSR count). The van der Waals surface area contributed by atoms with E-state index in [1.165, 1.54) is 12.3 Å². The summed E-state index contributed by atoms with van der Waals surface area (Å²) in [7, 11) is 0. The minimum atomic E-state index is -0.750.